The van der Waals surface area contributed by atoms with Crippen molar-refractivity contribution in [2.45, 2.75) is 30.9 Å². The van der Waals surface area contributed by atoms with Gasteiger partial charge < -0.3 is 25.8 Å². The number of benzene rings is 1. The van der Waals surface area contributed by atoms with Crippen molar-refractivity contribution in [1.29, 1.82) is 0 Å². The van der Waals surface area contributed by atoms with E-state index in [0.717, 1.165) is 12.0 Å². The maximum atomic E-state index is 12.3. The summed E-state index contributed by atoms with van der Waals surface area (Å²) in [5, 5.41) is 14.0. The zero-order valence-corrected chi connectivity index (χ0v) is 16.8. The number of nitrogens with two attached hydrogens (primary N) is 1. The van der Waals surface area contributed by atoms with Crippen LogP contribution in [-0.2, 0) is 16.0 Å². The van der Waals surface area contributed by atoms with Gasteiger partial charge in [0.05, 0.1) is 12.6 Å². The first-order valence-corrected chi connectivity index (χ1v) is 9.94. The molecule has 2 unspecified atom stereocenters. The summed E-state index contributed by atoms with van der Waals surface area (Å²) in [7, 11) is 1.68. The highest BCUT2D eigenvalue weighted by atomic mass is 16.5. The molecule has 2 fully saturated rings. The lowest BCUT2D eigenvalue weighted by atomic mass is 9.92. The van der Waals surface area contributed by atoms with E-state index in [0.29, 0.717) is 43.4 Å². The molecule has 9 nitrogen and oxygen atoms in total. The number of aromatic nitrogens is 2. The van der Waals surface area contributed by atoms with Gasteiger partial charge in [-0.1, -0.05) is 18.2 Å². The van der Waals surface area contributed by atoms with Gasteiger partial charge in [-0.25, -0.2) is 9.97 Å². The van der Waals surface area contributed by atoms with Crippen molar-refractivity contribution in [2.24, 2.45) is 5.73 Å². The Morgan fingerprint density at radius 3 is 2.90 bits per heavy atom. The predicted molar refractivity (Wildman–Crippen MR) is 110 cm³/mol. The maximum Gasteiger partial charge on any atom is 0.267 e. The number of hydrogen-bond acceptors (Lipinski definition) is 7. The SMILES string of the molecule is CN1CCC(O)(Cc2cccc(-c3nc(NC4CCOC4)cc(C(N)=O)n3)c2)C1=O. The molecule has 9 heteroatoms. The summed E-state index contributed by atoms with van der Waals surface area (Å²) in [6, 6.07) is 8.95. The zero-order chi connectivity index (χ0) is 21.3. The number of likely N-dealkylation sites (N-methyl/N-ethyl adjacent to an activating group) is 1. The third kappa shape index (κ3) is 4.12. The van der Waals surface area contributed by atoms with Crippen LogP contribution in [0, 0.1) is 0 Å². The molecule has 2 aromatic rings. The van der Waals surface area contributed by atoms with Gasteiger partial charge in [0.1, 0.15) is 17.1 Å². The van der Waals surface area contributed by atoms with E-state index in [4.69, 9.17) is 10.5 Å². The summed E-state index contributed by atoms with van der Waals surface area (Å²) < 4.78 is 5.37. The molecule has 0 radical (unpaired) electrons. The molecule has 1 aromatic heterocycles. The number of carbonyl (C=O) groups is 2. The number of hydrogen-bond donors (Lipinski definition) is 3. The Hall–Kier alpha value is -3.04. The Balaban J connectivity index is 1.63. The van der Waals surface area contributed by atoms with Crippen molar-refractivity contribution < 1.29 is 19.4 Å². The van der Waals surface area contributed by atoms with Crippen LogP contribution in [0.4, 0.5) is 5.82 Å². The molecule has 4 rings (SSSR count). The van der Waals surface area contributed by atoms with Gasteiger partial charge in [-0.15, -0.1) is 0 Å². The van der Waals surface area contributed by atoms with E-state index in [-0.39, 0.29) is 24.1 Å². The number of nitrogens with one attached hydrogen (secondary N) is 1. The van der Waals surface area contributed by atoms with E-state index in [1.165, 1.54) is 11.0 Å². The molecular weight excluding hydrogens is 386 g/mol. The lowest BCUT2D eigenvalue weighted by molar-refractivity contribution is -0.142. The smallest absolute Gasteiger partial charge is 0.267 e. The van der Waals surface area contributed by atoms with Crippen LogP contribution in [0.15, 0.2) is 30.3 Å². The lowest BCUT2D eigenvalue weighted by Gasteiger charge is -2.21. The number of primary amides is 1. The molecule has 0 aliphatic carbocycles. The van der Waals surface area contributed by atoms with Crippen LogP contribution < -0.4 is 11.1 Å². The van der Waals surface area contributed by atoms with Gasteiger partial charge in [-0.3, -0.25) is 9.59 Å². The summed E-state index contributed by atoms with van der Waals surface area (Å²) in [5.74, 6) is -0.0723. The lowest BCUT2D eigenvalue weighted by Crippen LogP contribution is -2.40. The number of rotatable bonds is 6. The normalized spacial score (nSPS) is 23.7. The van der Waals surface area contributed by atoms with Crippen molar-refractivity contribution in [3.05, 3.63) is 41.6 Å². The van der Waals surface area contributed by atoms with E-state index in [2.05, 4.69) is 15.3 Å². The number of ether oxygens (including phenoxy) is 1. The van der Waals surface area contributed by atoms with Crippen molar-refractivity contribution in [1.82, 2.24) is 14.9 Å². The van der Waals surface area contributed by atoms with Gasteiger partial charge in [0.25, 0.3) is 11.8 Å². The van der Waals surface area contributed by atoms with Crippen LogP contribution in [0.5, 0.6) is 0 Å². The van der Waals surface area contributed by atoms with E-state index < -0.39 is 11.5 Å². The topological polar surface area (TPSA) is 131 Å². The van der Waals surface area contributed by atoms with Gasteiger partial charge in [0.15, 0.2) is 5.82 Å². The average Bonchev–Trinajstić information content (AvgIpc) is 3.32. The molecule has 0 saturated carbocycles. The quantitative estimate of drug-likeness (QED) is 0.634. The fourth-order valence-corrected chi connectivity index (χ4v) is 3.87. The largest absolute Gasteiger partial charge is 0.380 e. The van der Waals surface area contributed by atoms with Crippen molar-refractivity contribution in [3.63, 3.8) is 0 Å². The third-order valence-electron chi connectivity index (χ3n) is 5.55. The van der Waals surface area contributed by atoms with Crippen molar-refractivity contribution in [3.8, 4) is 11.4 Å². The molecule has 2 amide bonds. The van der Waals surface area contributed by atoms with Crippen LogP contribution in [-0.4, -0.2) is 70.2 Å². The summed E-state index contributed by atoms with van der Waals surface area (Å²) >= 11 is 0. The summed E-state index contributed by atoms with van der Waals surface area (Å²) in [6.45, 7) is 1.78. The van der Waals surface area contributed by atoms with Crippen molar-refractivity contribution in [2.75, 3.05) is 32.1 Å². The minimum absolute atomic E-state index is 0.109. The first-order chi connectivity index (χ1) is 14.3. The number of amides is 2. The molecule has 3 heterocycles. The Morgan fingerprint density at radius 1 is 1.40 bits per heavy atom. The maximum absolute atomic E-state index is 12.3. The Morgan fingerprint density at radius 2 is 2.23 bits per heavy atom. The standard InChI is InChI=1S/C21H25N5O4/c1-26-7-6-21(29,20(26)28)11-13-3-2-4-14(9-13)19-24-16(18(22)27)10-17(25-19)23-15-5-8-30-12-15/h2-4,9-10,15,29H,5-8,11-12H2,1H3,(H2,22,27)(H,23,24,25). The molecule has 4 N–H and O–H groups in total. The monoisotopic (exact) mass is 411 g/mol. The van der Waals surface area contributed by atoms with Crippen LogP contribution in [0.3, 0.4) is 0 Å². The highest BCUT2D eigenvalue weighted by molar-refractivity contribution is 5.92. The second-order valence-electron chi connectivity index (χ2n) is 7.92. The Kier molecular flexibility index (Phi) is 5.40. The molecule has 2 aliphatic heterocycles. The molecule has 2 atom stereocenters. The second-order valence-corrected chi connectivity index (χ2v) is 7.92. The molecule has 30 heavy (non-hydrogen) atoms. The third-order valence-corrected chi connectivity index (χ3v) is 5.55. The van der Waals surface area contributed by atoms with Gasteiger partial charge in [-0.2, -0.15) is 0 Å². The van der Waals surface area contributed by atoms with Gasteiger partial charge in [0.2, 0.25) is 0 Å². The summed E-state index contributed by atoms with van der Waals surface area (Å²) in [6.07, 6.45) is 1.43. The van der Waals surface area contributed by atoms with Gasteiger partial charge in [0, 0.05) is 44.7 Å². The average molecular weight is 411 g/mol. The molecule has 2 saturated heterocycles. The second kappa shape index (κ2) is 8.00. The van der Waals surface area contributed by atoms with Crippen LogP contribution in [0.2, 0.25) is 0 Å². The molecule has 0 spiro atoms. The Bertz CT molecular complexity index is 976. The summed E-state index contributed by atoms with van der Waals surface area (Å²) in [4.78, 5) is 34.5. The number of anilines is 1. The number of aliphatic hydroxyl groups is 1. The van der Waals surface area contributed by atoms with E-state index in [9.17, 15) is 14.7 Å². The van der Waals surface area contributed by atoms with Crippen LogP contribution >= 0.6 is 0 Å². The van der Waals surface area contributed by atoms with Crippen LogP contribution in [0.1, 0.15) is 28.9 Å². The Labute approximate surface area is 174 Å². The zero-order valence-electron chi connectivity index (χ0n) is 16.8. The fourth-order valence-electron chi connectivity index (χ4n) is 3.87. The minimum atomic E-state index is -1.40. The van der Waals surface area contributed by atoms with Crippen molar-refractivity contribution >= 4 is 17.6 Å². The molecule has 0 bridgehead atoms. The first kappa shape index (κ1) is 20.2. The number of carbonyl (C=O) groups excluding carboxylic acids is 2. The minimum Gasteiger partial charge on any atom is -0.380 e. The number of nitrogens with zero attached hydrogens (tertiary/aromatic N) is 3. The van der Waals surface area contributed by atoms with Crippen LogP contribution in [0.25, 0.3) is 11.4 Å². The van der Waals surface area contributed by atoms with E-state index in [1.54, 1.807) is 7.05 Å². The molecule has 2 aliphatic rings. The van der Waals surface area contributed by atoms with E-state index in [1.807, 2.05) is 24.3 Å². The summed E-state index contributed by atoms with van der Waals surface area (Å²) in [5.41, 5.74) is 5.62. The molecule has 1 aromatic carbocycles. The van der Waals surface area contributed by atoms with Gasteiger partial charge >= 0.3 is 0 Å². The highest BCUT2D eigenvalue weighted by Crippen LogP contribution is 2.28. The van der Waals surface area contributed by atoms with Gasteiger partial charge in [-0.05, 0) is 18.1 Å². The fraction of sp³-hybridized carbons (Fsp3) is 0.429. The first-order valence-electron chi connectivity index (χ1n) is 9.94. The molecular formula is C21H25N5O4. The van der Waals surface area contributed by atoms with E-state index >= 15 is 0 Å². The predicted octanol–water partition coefficient (Wildman–Crippen LogP) is 0.579. The highest BCUT2D eigenvalue weighted by Gasteiger charge is 2.43. The number of likely N-dealkylation sites (tertiary alicyclic amines) is 1. The molecule has 158 valence electrons.